The molecular formula is C22H25N5O2. The van der Waals surface area contributed by atoms with Gasteiger partial charge in [-0.3, -0.25) is 9.78 Å². The van der Waals surface area contributed by atoms with E-state index in [0.717, 1.165) is 23.0 Å². The Bertz CT molecular complexity index is 981. The molecule has 2 aromatic carbocycles. The second-order valence-electron chi connectivity index (χ2n) is 6.41. The monoisotopic (exact) mass is 391 g/mol. The Balaban J connectivity index is 1.54. The first-order valence-corrected chi connectivity index (χ1v) is 9.59. The van der Waals surface area contributed by atoms with Gasteiger partial charge in [0.05, 0.1) is 12.1 Å². The first kappa shape index (κ1) is 20.1. The lowest BCUT2D eigenvalue weighted by molar-refractivity contribution is 0.0954. The molecule has 7 nitrogen and oxygen atoms in total. The predicted octanol–water partition coefficient (Wildman–Crippen LogP) is 2.43. The van der Waals surface area contributed by atoms with Gasteiger partial charge in [0, 0.05) is 36.8 Å². The summed E-state index contributed by atoms with van der Waals surface area (Å²) < 4.78 is 0. The van der Waals surface area contributed by atoms with Crippen LogP contribution in [0.25, 0.3) is 10.9 Å². The molecule has 0 unspecified atom stereocenters. The van der Waals surface area contributed by atoms with E-state index in [1.54, 1.807) is 18.3 Å². The van der Waals surface area contributed by atoms with Gasteiger partial charge in [0.2, 0.25) is 0 Å². The highest BCUT2D eigenvalue weighted by Crippen LogP contribution is 2.16. The number of carbonyl (C=O) groups excluding carboxylic acids is 1. The smallest absolute Gasteiger partial charge is 0.251 e. The zero-order chi connectivity index (χ0) is 20.5. The van der Waals surface area contributed by atoms with Gasteiger partial charge in [-0.2, -0.15) is 0 Å². The minimum Gasteiger partial charge on any atom is -0.508 e. The molecule has 1 heterocycles. The van der Waals surface area contributed by atoms with Crippen molar-refractivity contribution < 1.29 is 9.90 Å². The SMILES string of the molecule is CCNC(=NCc1ccnc2ccccc12)NCCNC(=O)c1ccc(O)cc1. The Morgan fingerprint density at radius 3 is 2.55 bits per heavy atom. The number of aromatic nitrogens is 1. The topological polar surface area (TPSA) is 98.6 Å². The van der Waals surface area contributed by atoms with Crippen molar-refractivity contribution in [3.63, 3.8) is 0 Å². The third-order valence-corrected chi connectivity index (χ3v) is 4.32. The average molecular weight is 391 g/mol. The van der Waals surface area contributed by atoms with Crippen LogP contribution in [0, 0.1) is 0 Å². The summed E-state index contributed by atoms with van der Waals surface area (Å²) in [6.45, 7) is 4.25. The van der Waals surface area contributed by atoms with Crippen molar-refractivity contribution in [2.45, 2.75) is 13.5 Å². The highest BCUT2D eigenvalue weighted by molar-refractivity contribution is 5.94. The molecule has 29 heavy (non-hydrogen) atoms. The second kappa shape index (κ2) is 10.1. The minimum absolute atomic E-state index is 0.136. The van der Waals surface area contributed by atoms with Gasteiger partial charge in [-0.05, 0) is 48.9 Å². The number of hydrogen-bond donors (Lipinski definition) is 4. The van der Waals surface area contributed by atoms with Crippen LogP contribution in [0.3, 0.4) is 0 Å². The van der Waals surface area contributed by atoms with E-state index in [1.165, 1.54) is 12.1 Å². The van der Waals surface area contributed by atoms with Gasteiger partial charge in [-0.1, -0.05) is 18.2 Å². The van der Waals surface area contributed by atoms with Crippen LogP contribution in [-0.2, 0) is 6.54 Å². The fourth-order valence-electron chi connectivity index (χ4n) is 2.87. The van der Waals surface area contributed by atoms with E-state index >= 15 is 0 Å². The molecule has 0 saturated heterocycles. The zero-order valence-corrected chi connectivity index (χ0v) is 16.4. The molecule has 1 amide bonds. The number of fused-ring (bicyclic) bond motifs is 1. The number of guanidine groups is 1. The summed E-state index contributed by atoms with van der Waals surface area (Å²) in [5, 5.41) is 19.7. The van der Waals surface area contributed by atoms with Crippen LogP contribution in [0.4, 0.5) is 0 Å². The van der Waals surface area contributed by atoms with Gasteiger partial charge in [-0.15, -0.1) is 0 Å². The molecule has 0 aliphatic carbocycles. The standard InChI is InChI=1S/C22H25N5O2/c1-2-23-22(26-14-13-25-21(29)16-7-9-18(28)10-8-16)27-15-17-11-12-24-20-6-4-3-5-19(17)20/h3-12,28H,2,13-15H2,1H3,(H,25,29)(H2,23,26,27). The van der Waals surface area contributed by atoms with Gasteiger partial charge in [-0.25, -0.2) is 4.99 Å². The Morgan fingerprint density at radius 1 is 1.00 bits per heavy atom. The number of aromatic hydroxyl groups is 1. The average Bonchev–Trinajstić information content (AvgIpc) is 2.75. The zero-order valence-electron chi connectivity index (χ0n) is 16.4. The molecular weight excluding hydrogens is 366 g/mol. The molecule has 4 N–H and O–H groups in total. The summed E-state index contributed by atoms with van der Waals surface area (Å²) in [7, 11) is 0. The number of pyridine rings is 1. The van der Waals surface area contributed by atoms with Crippen molar-refractivity contribution in [2.75, 3.05) is 19.6 Å². The summed E-state index contributed by atoms with van der Waals surface area (Å²) >= 11 is 0. The van der Waals surface area contributed by atoms with E-state index < -0.39 is 0 Å². The van der Waals surface area contributed by atoms with Crippen molar-refractivity contribution in [3.8, 4) is 5.75 Å². The van der Waals surface area contributed by atoms with E-state index in [-0.39, 0.29) is 11.7 Å². The molecule has 0 aliphatic heterocycles. The van der Waals surface area contributed by atoms with Crippen LogP contribution < -0.4 is 16.0 Å². The highest BCUT2D eigenvalue weighted by Gasteiger charge is 2.05. The molecule has 0 fully saturated rings. The number of para-hydroxylation sites is 1. The van der Waals surface area contributed by atoms with Crippen molar-refractivity contribution in [2.24, 2.45) is 4.99 Å². The predicted molar refractivity (Wildman–Crippen MR) is 115 cm³/mol. The number of rotatable bonds is 7. The highest BCUT2D eigenvalue weighted by atomic mass is 16.3. The van der Waals surface area contributed by atoms with Crippen molar-refractivity contribution in [3.05, 3.63) is 71.9 Å². The van der Waals surface area contributed by atoms with Crippen LogP contribution in [0.5, 0.6) is 5.75 Å². The van der Waals surface area contributed by atoms with Crippen molar-refractivity contribution in [1.29, 1.82) is 0 Å². The van der Waals surface area contributed by atoms with Gasteiger partial charge in [0.15, 0.2) is 5.96 Å². The molecule has 0 saturated carbocycles. The summed E-state index contributed by atoms with van der Waals surface area (Å²) in [6.07, 6.45) is 1.80. The summed E-state index contributed by atoms with van der Waals surface area (Å²) in [4.78, 5) is 21.1. The van der Waals surface area contributed by atoms with E-state index in [2.05, 4.69) is 25.9 Å². The molecule has 7 heteroatoms. The first-order chi connectivity index (χ1) is 14.2. The number of hydrogen-bond acceptors (Lipinski definition) is 4. The lowest BCUT2D eigenvalue weighted by Gasteiger charge is -2.12. The van der Waals surface area contributed by atoms with Crippen LogP contribution in [0.15, 0.2) is 65.8 Å². The third-order valence-electron chi connectivity index (χ3n) is 4.32. The molecule has 3 rings (SSSR count). The summed E-state index contributed by atoms with van der Waals surface area (Å²) in [5.74, 6) is 0.640. The molecule has 3 aromatic rings. The Hall–Kier alpha value is -3.61. The molecule has 0 spiro atoms. The molecule has 1 aromatic heterocycles. The fourth-order valence-corrected chi connectivity index (χ4v) is 2.87. The fraction of sp³-hybridized carbons (Fsp3) is 0.227. The van der Waals surface area contributed by atoms with Crippen LogP contribution >= 0.6 is 0 Å². The Labute approximate surface area is 169 Å². The number of nitrogens with one attached hydrogen (secondary N) is 3. The maximum Gasteiger partial charge on any atom is 0.251 e. The van der Waals surface area contributed by atoms with Crippen molar-refractivity contribution in [1.82, 2.24) is 20.9 Å². The Morgan fingerprint density at radius 2 is 1.76 bits per heavy atom. The van der Waals surface area contributed by atoms with Gasteiger partial charge < -0.3 is 21.1 Å². The van der Waals surface area contributed by atoms with Crippen molar-refractivity contribution >= 4 is 22.8 Å². The molecule has 150 valence electrons. The number of phenols is 1. The lowest BCUT2D eigenvalue weighted by Crippen LogP contribution is -2.41. The van der Waals surface area contributed by atoms with Crippen LogP contribution in [0.2, 0.25) is 0 Å². The van der Waals surface area contributed by atoms with E-state index in [4.69, 9.17) is 0 Å². The number of phenolic OH excluding ortho intramolecular Hbond substituents is 1. The van der Waals surface area contributed by atoms with E-state index in [0.29, 0.717) is 31.2 Å². The molecule has 0 atom stereocenters. The quantitative estimate of drug-likeness (QED) is 0.282. The third kappa shape index (κ3) is 5.68. The van der Waals surface area contributed by atoms with Gasteiger partial charge in [0.1, 0.15) is 5.75 Å². The number of amides is 1. The number of nitrogens with zero attached hydrogens (tertiary/aromatic N) is 2. The molecule has 0 bridgehead atoms. The largest absolute Gasteiger partial charge is 0.508 e. The number of aliphatic imine (C=N–C) groups is 1. The maximum absolute atomic E-state index is 12.1. The maximum atomic E-state index is 12.1. The number of carbonyl (C=O) groups is 1. The van der Waals surface area contributed by atoms with E-state index in [9.17, 15) is 9.90 Å². The van der Waals surface area contributed by atoms with Crippen LogP contribution in [-0.4, -0.2) is 41.6 Å². The van der Waals surface area contributed by atoms with Gasteiger partial charge >= 0.3 is 0 Å². The van der Waals surface area contributed by atoms with Gasteiger partial charge in [0.25, 0.3) is 5.91 Å². The summed E-state index contributed by atoms with van der Waals surface area (Å²) in [6, 6.07) is 16.1. The lowest BCUT2D eigenvalue weighted by atomic mass is 10.1. The molecule has 0 radical (unpaired) electrons. The Kier molecular flexibility index (Phi) is 7.00. The second-order valence-corrected chi connectivity index (χ2v) is 6.41. The summed E-state index contributed by atoms with van der Waals surface area (Å²) in [5.41, 5.74) is 2.57. The minimum atomic E-state index is -0.183. The molecule has 0 aliphatic rings. The number of benzene rings is 2. The normalized spacial score (nSPS) is 11.3. The van der Waals surface area contributed by atoms with E-state index in [1.807, 2.05) is 37.3 Å². The first-order valence-electron chi connectivity index (χ1n) is 9.59. The van der Waals surface area contributed by atoms with Crippen LogP contribution in [0.1, 0.15) is 22.8 Å².